The summed E-state index contributed by atoms with van der Waals surface area (Å²) in [6.07, 6.45) is 0. The van der Waals surface area contributed by atoms with Crippen LogP contribution in [0.25, 0.3) is 22.4 Å². The molecule has 1 amide bonds. The number of furan rings is 1. The Morgan fingerprint density at radius 2 is 1.72 bits per heavy atom. The number of carbonyl (C=O) groups excluding carboxylic acids is 1. The zero-order valence-corrected chi connectivity index (χ0v) is 14.4. The Morgan fingerprint density at radius 1 is 0.960 bits per heavy atom. The minimum absolute atomic E-state index is 0.209. The molecule has 3 N–H and O–H groups in total. The van der Waals surface area contributed by atoms with Gasteiger partial charge < -0.3 is 19.7 Å². The molecule has 0 aliphatic carbocycles. The standard InChI is InChI=1S/C18H12BrN3O3/c19-11-3-1-10(2-4-11)15-7-8-16(25-15)17(23)20-12-5-6-13-14(9-12)22-18(24)21-13/h1-9H,(H,20,23)(H2,21,22,24). The molecule has 2 aromatic heterocycles. The number of fused-ring (bicyclic) bond motifs is 1. The van der Waals surface area contributed by atoms with Crippen LogP contribution in [-0.4, -0.2) is 15.9 Å². The highest BCUT2D eigenvalue weighted by Crippen LogP contribution is 2.24. The Morgan fingerprint density at radius 3 is 2.52 bits per heavy atom. The molecule has 2 heterocycles. The van der Waals surface area contributed by atoms with Crippen LogP contribution in [0.5, 0.6) is 0 Å². The number of hydrogen-bond donors (Lipinski definition) is 3. The number of nitrogens with one attached hydrogen (secondary N) is 3. The number of hydrogen-bond acceptors (Lipinski definition) is 3. The molecule has 4 rings (SSSR count). The van der Waals surface area contributed by atoms with E-state index in [1.165, 1.54) is 0 Å². The molecule has 4 aromatic rings. The maximum atomic E-state index is 12.4. The Bertz CT molecular complexity index is 1120. The number of benzene rings is 2. The fraction of sp³-hybridized carbons (Fsp3) is 0. The Labute approximate surface area is 150 Å². The van der Waals surface area contributed by atoms with Gasteiger partial charge >= 0.3 is 5.69 Å². The van der Waals surface area contributed by atoms with Gasteiger partial charge in [0.1, 0.15) is 5.76 Å². The first-order valence-corrected chi connectivity index (χ1v) is 8.27. The van der Waals surface area contributed by atoms with Crippen LogP contribution in [0.3, 0.4) is 0 Å². The van der Waals surface area contributed by atoms with E-state index in [0.29, 0.717) is 22.5 Å². The second-order valence-corrected chi connectivity index (χ2v) is 6.38. The molecule has 0 saturated heterocycles. The number of aromatic amines is 2. The van der Waals surface area contributed by atoms with E-state index in [-0.39, 0.29) is 17.4 Å². The number of carbonyl (C=O) groups is 1. The summed E-state index contributed by atoms with van der Waals surface area (Å²) in [7, 11) is 0. The molecular formula is C18H12BrN3O3. The summed E-state index contributed by atoms with van der Waals surface area (Å²) in [4.78, 5) is 29.0. The normalized spacial score (nSPS) is 10.9. The summed E-state index contributed by atoms with van der Waals surface area (Å²) < 4.78 is 6.62. The van der Waals surface area contributed by atoms with Gasteiger partial charge in [0.2, 0.25) is 0 Å². The second kappa shape index (κ2) is 6.10. The van der Waals surface area contributed by atoms with Crippen LogP contribution < -0.4 is 11.0 Å². The van der Waals surface area contributed by atoms with Crippen LogP contribution in [0.4, 0.5) is 5.69 Å². The molecule has 0 atom stereocenters. The lowest BCUT2D eigenvalue weighted by Gasteiger charge is -2.03. The molecule has 0 aliphatic heterocycles. The van der Waals surface area contributed by atoms with E-state index >= 15 is 0 Å². The third-order valence-corrected chi connectivity index (χ3v) is 4.26. The van der Waals surface area contributed by atoms with Crippen molar-refractivity contribution in [3.05, 3.63) is 75.3 Å². The van der Waals surface area contributed by atoms with E-state index < -0.39 is 0 Å². The maximum absolute atomic E-state index is 12.4. The number of amides is 1. The summed E-state index contributed by atoms with van der Waals surface area (Å²) in [5.74, 6) is 0.462. The summed E-state index contributed by atoms with van der Waals surface area (Å²) in [5, 5.41) is 2.76. The molecule has 0 fully saturated rings. The van der Waals surface area contributed by atoms with Crippen LogP contribution in [0, 0.1) is 0 Å². The number of H-pyrrole nitrogens is 2. The molecule has 7 heteroatoms. The third kappa shape index (κ3) is 3.14. The minimum atomic E-state index is -0.361. The van der Waals surface area contributed by atoms with Crippen molar-refractivity contribution in [2.45, 2.75) is 0 Å². The SMILES string of the molecule is O=C(Nc1ccc2[nH]c(=O)[nH]c2c1)c1ccc(-c2ccc(Br)cc2)o1. The van der Waals surface area contributed by atoms with Gasteiger partial charge in [-0.3, -0.25) is 4.79 Å². The molecule has 0 spiro atoms. The van der Waals surface area contributed by atoms with Crippen molar-refractivity contribution in [1.29, 1.82) is 0 Å². The van der Waals surface area contributed by atoms with Crippen molar-refractivity contribution in [2.75, 3.05) is 5.32 Å². The number of aromatic nitrogens is 2. The van der Waals surface area contributed by atoms with E-state index in [1.807, 2.05) is 24.3 Å². The van der Waals surface area contributed by atoms with E-state index in [0.717, 1.165) is 10.0 Å². The van der Waals surface area contributed by atoms with Crippen molar-refractivity contribution in [3.63, 3.8) is 0 Å². The lowest BCUT2D eigenvalue weighted by Crippen LogP contribution is -2.10. The van der Waals surface area contributed by atoms with Crippen molar-refractivity contribution in [2.24, 2.45) is 0 Å². The average molecular weight is 398 g/mol. The molecule has 2 aromatic carbocycles. The van der Waals surface area contributed by atoms with E-state index in [1.54, 1.807) is 30.3 Å². The predicted octanol–water partition coefficient (Wildman–Crippen LogP) is 4.13. The van der Waals surface area contributed by atoms with Gasteiger partial charge in [0.25, 0.3) is 5.91 Å². The quantitative estimate of drug-likeness (QED) is 0.485. The van der Waals surface area contributed by atoms with Crippen molar-refractivity contribution in [1.82, 2.24) is 9.97 Å². The molecule has 124 valence electrons. The van der Waals surface area contributed by atoms with Gasteiger partial charge in [-0.05, 0) is 42.5 Å². The van der Waals surface area contributed by atoms with E-state index in [2.05, 4.69) is 31.2 Å². The molecule has 0 saturated carbocycles. The van der Waals surface area contributed by atoms with Gasteiger partial charge in [0, 0.05) is 15.7 Å². The highest BCUT2D eigenvalue weighted by Gasteiger charge is 2.13. The van der Waals surface area contributed by atoms with Crippen molar-refractivity contribution >= 4 is 38.6 Å². The van der Waals surface area contributed by atoms with Crippen LogP contribution in [-0.2, 0) is 0 Å². The van der Waals surface area contributed by atoms with Crippen molar-refractivity contribution < 1.29 is 9.21 Å². The zero-order chi connectivity index (χ0) is 17.4. The molecule has 0 unspecified atom stereocenters. The summed E-state index contributed by atoms with van der Waals surface area (Å²) in [5.41, 5.74) is 2.46. The Kier molecular flexibility index (Phi) is 3.77. The van der Waals surface area contributed by atoms with E-state index in [4.69, 9.17) is 4.42 Å². The van der Waals surface area contributed by atoms with Gasteiger partial charge in [-0.15, -0.1) is 0 Å². The van der Waals surface area contributed by atoms with Gasteiger partial charge in [0.15, 0.2) is 5.76 Å². The summed E-state index contributed by atoms with van der Waals surface area (Å²) >= 11 is 3.38. The topological polar surface area (TPSA) is 90.9 Å². The highest BCUT2D eigenvalue weighted by atomic mass is 79.9. The number of halogens is 1. The first-order valence-electron chi connectivity index (χ1n) is 7.48. The fourth-order valence-electron chi connectivity index (χ4n) is 2.53. The van der Waals surface area contributed by atoms with Gasteiger partial charge in [0.05, 0.1) is 11.0 Å². The van der Waals surface area contributed by atoms with Crippen LogP contribution in [0.2, 0.25) is 0 Å². The summed E-state index contributed by atoms with van der Waals surface area (Å²) in [6, 6.07) is 16.1. The highest BCUT2D eigenvalue weighted by molar-refractivity contribution is 9.10. The first-order chi connectivity index (χ1) is 12.1. The monoisotopic (exact) mass is 397 g/mol. The van der Waals surface area contributed by atoms with Gasteiger partial charge in [-0.25, -0.2) is 4.79 Å². The van der Waals surface area contributed by atoms with Crippen molar-refractivity contribution in [3.8, 4) is 11.3 Å². The fourth-order valence-corrected chi connectivity index (χ4v) is 2.80. The number of rotatable bonds is 3. The largest absolute Gasteiger partial charge is 0.451 e. The molecule has 0 radical (unpaired) electrons. The molecule has 0 bridgehead atoms. The van der Waals surface area contributed by atoms with Crippen LogP contribution >= 0.6 is 15.9 Å². The van der Waals surface area contributed by atoms with Gasteiger partial charge in [-0.1, -0.05) is 28.1 Å². The predicted molar refractivity (Wildman–Crippen MR) is 98.7 cm³/mol. The van der Waals surface area contributed by atoms with Crippen LogP contribution in [0.15, 0.2) is 68.3 Å². The zero-order valence-electron chi connectivity index (χ0n) is 12.8. The maximum Gasteiger partial charge on any atom is 0.323 e. The number of anilines is 1. The Hall–Kier alpha value is -3.06. The summed E-state index contributed by atoms with van der Waals surface area (Å²) in [6.45, 7) is 0. The van der Waals surface area contributed by atoms with E-state index in [9.17, 15) is 9.59 Å². The van der Waals surface area contributed by atoms with Crippen LogP contribution in [0.1, 0.15) is 10.6 Å². The smallest absolute Gasteiger partial charge is 0.323 e. The molecular weight excluding hydrogens is 386 g/mol. The third-order valence-electron chi connectivity index (χ3n) is 3.73. The lowest BCUT2D eigenvalue weighted by atomic mass is 10.2. The molecule has 25 heavy (non-hydrogen) atoms. The molecule has 6 nitrogen and oxygen atoms in total. The first kappa shape index (κ1) is 15.5. The average Bonchev–Trinajstić information content (AvgIpc) is 3.21. The minimum Gasteiger partial charge on any atom is -0.451 e. The number of imidazole rings is 1. The molecule has 0 aliphatic rings. The lowest BCUT2D eigenvalue weighted by molar-refractivity contribution is 0.0997. The Balaban J connectivity index is 1.56. The van der Waals surface area contributed by atoms with Gasteiger partial charge in [-0.2, -0.15) is 0 Å². The second-order valence-electron chi connectivity index (χ2n) is 5.46.